The van der Waals surface area contributed by atoms with Gasteiger partial charge >= 0.3 is 0 Å². The predicted molar refractivity (Wildman–Crippen MR) is 158 cm³/mol. The SMILES string of the molecule is c1ccc(N(c2cc3c4c(cccc4c2)-c2ccccc2-3)c2ccc3c(ccc4ccccc43)c2)cc1. The molecule has 0 fully saturated rings. The summed E-state index contributed by atoms with van der Waals surface area (Å²) in [5, 5.41) is 7.72. The Hall–Kier alpha value is -4.88. The Morgan fingerprint density at radius 2 is 0.973 bits per heavy atom. The summed E-state index contributed by atoms with van der Waals surface area (Å²) < 4.78 is 0. The van der Waals surface area contributed by atoms with Gasteiger partial charge in [-0.2, -0.15) is 0 Å². The molecule has 0 unspecified atom stereocenters. The number of hydrogen-bond acceptors (Lipinski definition) is 1. The molecule has 8 rings (SSSR count). The number of rotatable bonds is 3. The van der Waals surface area contributed by atoms with Crippen LogP contribution in [0.1, 0.15) is 0 Å². The summed E-state index contributed by atoms with van der Waals surface area (Å²) >= 11 is 0. The van der Waals surface area contributed by atoms with Gasteiger partial charge in [0.15, 0.2) is 0 Å². The van der Waals surface area contributed by atoms with Gasteiger partial charge in [0.1, 0.15) is 0 Å². The largest absolute Gasteiger partial charge is 0.310 e. The molecule has 0 bridgehead atoms. The third-order valence-corrected chi connectivity index (χ3v) is 7.73. The lowest BCUT2D eigenvalue weighted by Gasteiger charge is -2.27. The number of anilines is 3. The lowest BCUT2D eigenvalue weighted by atomic mass is 9.99. The van der Waals surface area contributed by atoms with Gasteiger partial charge < -0.3 is 4.90 Å². The molecule has 0 N–H and O–H groups in total. The molecule has 37 heavy (non-hydrogen) atoms. The van der Waals surface area contributed by atoms with Crippen molar-refractivity contribution in [3.63, 3.8) is 0 Å². The maximum absolute atomic E-state index is 2.39. The molecule has 7 aromatic carbocycles. The molecule has 0 atom stereocenters. The second-order valence-corrected chi connectivity index (χ2v) is 9.81. The highest BCUT2D eigenvalue weighted by molar-refractivity contribution is 6.17. The van der Waals surface area contributed by atoms with Crippen LogP contribution in [0.4, 0.5) is 17.1 Å². The minimum Gasteiger partial charge on any atom is -0.310 e. The van der Waals surface area contributed by atoms with E-state index in [9.17, 15) is 0 Å². The zero-order valence-corrected chi connectivity index (χ0v) is 20.2. The van der Waals surface area contributed by atoms with Crippen LogP contribution in [0.2, 0.25) is 0 Å². The Morgan fingerprint density at radius 3 is 1.86 bits per heavy atom. The van der Waals surface area contributed by atoms with E-state index in [0.717, 1.165) is 11.4 Å². The van der Waals surface area contributed by atoms with Crippen molar-refractivity contribution in [1.82, 2.24) is 0 Å². The second-order valence-electron chi connectivity index (χ2n) is 9.81. The summed E-state index contributed by atoms with van der Waals surface area (Å²) in [4.78, 5) is 2.39. The third-order valence-electron chi connectivity index (χ3n) is 7.73. The molecule has 1 heteroatoms. The van der Waals surface area contributed by atoms with Crippen LogP contribution in [0, 0.1) is 0 Å². The van der Waals surface area contributed by atoms with Gasteiger partial charge in [0.2, 0.25) is 0 Å². The van der Waals surface area contributed by atoms with Crippen LogP contribution in [-0.2, 0) is 0 Å². The topological polar surface area (TPSA) is 3.24 Å². The highest BCUT2D eigenvalue weighted by Gasteiger charge is 2.23. The van der Waals surface area contributed by atoms with E-state index in [1.165, 1.54) is 60.3 Å². The van der Waals surface area contributed by atoms with Crippen LogP contribution in [-0.4, -0.2) is 0 Å². The summed E-state index contributed by atoms with van der Waals surface area (Å²) in [5.74, 6) is 0. The van der Waals surface area contributed by atoms with E-state index < -0.39 is 0 Å². The smallest absolute Gasteiger partial charge is 0.0474 e. The Kier molecular flexibility index (Phi) is 4.29. The van der Waals surface area contributed by atoms with Crippen molar-refractivity contribution in [1.29, 1.82) is 0 Å². The second kappa shape index (κ2) is 7.81. The molecule has 0 heterocycles. The van der Waals surface area contributed by atoms with E-state index in [1.54, 1.807) is 0 Å². The van der Waals surface area contributed by atoms with E-state index in [1.807, 2.05) is 0 Å². The molecule has 0 spiro atoms. The van der Waals surface area contributed by atoms with Crippen LogP contribution in [0.3, 0.4) is 0 Å². The molecule has 0 radical (unpaired) electrons. The lowest BCUT2D eigenvalue weighted by Crippen LogP contribution is -2.10. The van der Waals surface area contributed by atoms with Crippen molar-refractivity contribution in [2.24, 2.45) is 0 Å². The fraction of sp³-hybridized carbons (Fsp3) is 0. The van der Waals surface area contributed by atoms with Gasteiger partial charge in [-0.1, -0.05) is 103 Å². The summed E-state index contributed by atoms with van der Waals surface area (Å²) in [7, 11) is 0. The Bertz CT molecular complexity index is 1980. The molecule has 7 aromatic rings. The molecule has 1 nitrogen and oxygen atoms in total. The quantitative estimate of drug-likeness (QED) is 0.233. The van der Waals surface area contributed by atoms with Gasteiger partial charge in [-0.3, -0.25) is 0 Å². The average Bonchev–Trinajstić information content (AvgIpc) is 3.29. The number of para-hydroxylation sites is 1. The minimum atomic E-state index is 1.15. The van der Waals surface area contributed by atoms with Crippen molar-refractivity contribution >= 4 is 49.4 Å². The van der Waals surface area contributed by atoms with E-state index in [4.69, 9.17) is 0 Å². The monoisotopic (exact) mass is 469 g/mol. The first-order chi connectivity index (χ1) is 18.3. The van der Waals surface area contributed by atoms with E-state index in [-0.39, 0.29) is 0 Å². The highest BCUT2D eigenvalue weighted by Crippen LogP contribution is 2.50. The zero-order chi connectivity index (χ0) is 24.3. The number of nitrogens with zero attached hydrogens (tertiary/aromatic N) is 1. The van der Waals surface area contributed by atoms with E-state index >= 15 is 0 Å². The van der Waals surface area contributed by atoms with E-state index in [0.29, 0.717) is 0 Å². The van der Waals surface area contributed by atoms with Gasteiger partial charge in [0.25, 0.3) is 0 Å². The fourth-order valence-corrected chi connectivity index (χ4v) is 6.09. The molecular weight excluding hydrogens is 446 g/mol. The molecule has 0 saturated carbocycles. The lowest BCUT2D eigenvalue weighted by molar-refractivity contribution is 1.30. The van der Waals surface area contributed by atoms with Crippen LogP contribution in [0.15, 0.2) is 140 Å². The zero-order valence-electron chi connectivity index (χ0n) is 20.2. The number of hydrogen-bond donors (Lipinski definition) is 0. The Labute approximate surface area is 215 Å². The molecule has 0 amide bonds. The van der Waals surface area contributed by atoms with Crippen molar-refractivity contribution < 1.29 is 0 Å². The molecule has 1 aliphatic rings. The van der Waals surface area contributed by atoms with Crippen molar-refractivity contribution in [2.75, 3.05) is 4.90 Å². The molecular formula is C36H23N. The first-order valence-corrected chi connectivity index (χ1v) is 12.8. The number of benzene rings is 7. The average molecular weight is 470 g/mol. The minimum absolute atomic E-state index is 1.15. The van der Waals surface area contributed by atoms with Crippen molar-refractivity contribution in [2.45, 2.75) is 0 Å². The van der Waals surface area contributed by atoms with Crippen molar-refractivity contribution in [3.8, 4) is 22.3 Å². The number of fused-ring (bicyclic) bond motifs is 6. The van der Waals surface area contributed by atoms with Crippen molar-refractivity contribution in [3.05, 3.63) is 140 Å². The van der Waals surface area contributed by atoms with Crippen LogP contribution >= 0.6 is 0 Å². The van der Waals surface area contributed by atoms with Crippen LogP contribution in [0.25, 0.3) is 54.6 Å². The molecule has 172 valence electrons. The first-order valence-electron chi connectivity index (χ1n) is 12.8. The Balaban J connectivity index is 1.39. The summed E-state index contributed by atoms with van der Waals surface area (Å²) in [6.07, 6.45) is 0. The van der Waals surface area contributed by atoms with E-state index in [2.05, 4.69) is 144 Å². The Morgan fingerprint density at radius 1 is 0.324 bits per heavy atom. The molecule has 1 aliphatic carbocycles. The maximum Gasteiger partial charge on any atom is 0.0474 e. The van der Waals surface area contributed by atoms with Crippen LogP contribution in [0.5, 0.6) is 0 Å². The normalized spacial score (nSPS) is 11.8. The fourth-order valence-electron chi connectivity index (χ4n) is 6.09. The standard InChI is InChI=1S/C36H23N/c1-2-11-27(12-3-1)37(28-19-20-31-25(21-28)18-17-24-9-4-5-13-30(24)31)29-22-26-10-8-16-34-32-14-6-7-15-33(32)35(23-29)36(26)34/h1-23H. The predicted octanol–water partition coefficient (Wildman–Crippen LogP) is 10.3. The highest BCUT2D eigenvalue weighted by atomic mass is 15.1. The maximum atomic E-state index is 2.39. The summed E-state index contributed by atoms with van der Waals surface area (Å²) in [5.41, 5.74) is 8.75. The van der Waals surface area contributed by atoms with Gasteiger partial charge in [-0.25, -0.2) is 0 Å². The van der Waals surface area contributed by atoms with Gasteiger partial charge in [-0.15, -0.1) is 0 Å². The van der Waals surface area contributed by atoms with Crippen LogP contribution < -0.4 is 4.90 Å². The molecule has 0 saturated heterocycles. The first kappa shape index (κ1) is 20.3. The van der Waals surface area contributed by atoms with Gasteiger partial charge in [0.05, 0.1) is 0 Å². The third kappa shape index (κ3) is 3.04. The molecule has 0 aliphatic heterocycles. The summed E-state index contributed by atoms with van der Waals surface area (Å²) in [6, 6.07) is 50.8. The summed E-state index contributed by atoms with van der Waals surface area (Å²) in [6.45, 7) is 0. The van der Waals surface area contributed by atoms with Gasteiger partial charge in [0, 0.05) is 17.1 Å². The molecule has 0 aromatic heterocycles. The van der Waals surface area contributed by atoms with Gasteiger partial charge in [-0.05, 0) is 91.0 Å².